The van der Waals surface area contributed by atoms with Gasteiger partial charge in [0.05, 0.1) is 24.8 Å². The molecule has 0 bridgehead atoms. The lowest BCUT2D eigenvalue weighted by Gasteiger charge is -2.11. The molecule has 0 aliphatic carbocycles. The van der Waals surface area contributed by atoms with E-state index in [0.29, 0.717) is 6.61 Å². The number of imidazole rings is 1. The molecule has 0 unspecified atom stereocenters. The predicted octanol–water partition coefficient (Wildman–Crippen LogP) is 5.88. The Morgan fingerprint density at radius 3 is 2.31 bits per heavy atom. The Morgan fingerprint density at radius 2 is 1.55 bits per heavy atom. The fourth-order valence-electron chi connectivity index (χ4n) is 3.46. The Balaban J connectivity index is 1.43. The summed E-state index contributed by atoms with van der Waals surface area (Å²) in [6, 6.07) is 24.7. The summed E-state index contributed by atoms with van der Waals surface area (Å²) in [4.78, 5) is 4.90. The summed E-state index contributed by atoms with van der Waals surface area (Å²) >= 11 is 0. The van der Waals surface area contributed by atoms with E-state index in [1.165, 1.54) is 11.1 Å². The molecule has 4 aromatic rings. The molecule has 0 fully saturated rings. The number of fused-ring (bicyclic) bond motifs is 1. The van der Waals surface area contributed by atoms with Crippen molar-refractivity contribution in [2.24, 2.45) is 0 Å². The fraction of sp³-hybridized carbons (Fsp3) is 0.240. The third-order valence-corrected chi connectivity index (χ3v) is 5.07. The minimum atomic E-state index is 0.693. The van der Waals surface area contributed by atoms with Crippen LogP contribution in [-0.4, -0.2) is 23.3 Å². The van der Waals surface area contributed by atoms with Crippen LogP contribution in [0.1, 0.15) is 18.4 Å². The molecular weight excluding hydrogens is 360 g/mol. The van der Waals surface area contributed by atoms with Gasteiger partial charge in [-0.25, -0.2) is 4.98 Å². The first kappa shape index (κ1) is 19.1. The Kier molecular flexibility index (Phi) is 5.80. The number of rotatable bonds is 8. The van der Waals surface area contributed by atoms with E-state index in [0.717, 1.165) is 47.8 Å². The quantitative estimate of drug-likeness (QED) is 0.355. The second-order valence-electron chi connectivity index (χ2n) is 7.17. The van der Waals surface area contributed by atoms with Crippen LogP contribution >= 0.6 is 0 Å². The Hall–Kier alpha value is -3.27. The summed E-state index contributed by atoms with van der Waals surface area (Å²) in [5, 5.41) is 0. The summed E-state index contributed by atoms with van der Waals surface area (Å²) in [7, 11) is 1.67. The SMILES string of the molecule is COc1ccc(OCCCCn2c(-c3ccc(C)cc3)nc3ccccc32)cc1. The van der Waals surface area contributed by atoms with E-state index in [2.05, 4.69) is 54.0 Å². The van der Waals surface area contributed by atoms with Crippen LogP contribution in [0.2, 0.25) is 0 Å². The topological polar surface area (TPSA) is 36.3 Å². The van der Waals surface area contributed by atoms with Gasteiger partial charge in [0.1, 0.15) is 17.3 Å². The maximum atomic E-state index is 5.86. The molecule has 0 saturated carbocycles. The van der Waals surface area contributed by atoms with Gasteiger partial charge in [0, 0.05) is 12.1 Å². The van der Waals surface area contributed by atoms with Gasteiger partial charge in [-0.3, -0.25) is 0 Å². The lowest BCUT2D eigenvalue weighted by Crippen LogP contribution is -2.04. The number of hydrogen-bond acceptors (Lipinski definition) is 3. The van der Waals surface area contributed by atoms with Crippen LogP contribution in [0.25, 0.3) is 22.4 Å². The molecule has 0 saturated heterocycles. The van der Waals surface area contributed by atoms with Crippen LogP contribution in [0, 0.1) is 6.92 Å². The third kappa shape index (κ3) is 4.43. The molecule has 0 aliphatic rings. The van der Waals surface area contributed by atoms with Crippen LogP contribution in [-0.2, 0) is 6.54 Å². The smallest absolute Gasteiger partial charge is 0.141 e. The highest BCUT2D eigenvalue weighted by atomic mass is 16.5. The lowest BCUT2D eigenvalue weighted by molar-refractivity contribution is 0.303. The first-order valence-electron chi connectivity index (χ1n) is 10.0. The minimum absolute atomic E-state index is 0.693. The van der Waals surface area contributed by atoms with Crippen LogP contribution in [0.5, 0.6) is 11.5 Å². The van der Waals surface area contributed by atoms with Crippen molar-refractivity contribution in [2.75, 3.05) is 13.7 Å². The summed E-state index contributed by atoms with van der Waals surface area (Å²) in [6.45, 7) is 3.71. The highest BCUT2D eigenvalue weighted by Crippen LogP contribution is 2.26. The molecule has 1 aromatic heterocycles. The number of benzene rings is 3. The van der Waals surface area contributed by atoms with Crippen LogP contribution in [0.3, 0.4) is 0 Å². The van der Waals surface area contributed by atoms with E-state index in [1.807, 2.05) is 30.3 Å². The molecule has 1 heterocycles. The van der Waals surface area contributed by atoms with E-state index in [9.17, 15) is 0 Å². The number of aryl methyl sites for hydroxylation is 2. The van der Waals surface area contributed by atoms with E-state index in [-0.39, 0.29) is 0 Å². The van der Waals surface area contributed by atoms with Crippen LogP contribution < -0.4 is 9.47 Å². The molecule has 3 aromatic carbocycles. The molecule has 29 heavy (non-hydrogen) atoms. The van der Waals surface area contributed by atoms with Gasteiger partial charge in [-0.2, -0.15) is 0 Å². The maximum Gasteiger partial charge on any atom is 0.141 e. The van der Waals surface area contributed by atoms with Gasteiger partial charge in [0.15, 0.2) is 0 Å². The van der Waals surface area contributed by atoms with Crippen molar-refractivity contribution in [1.82, 2.24) is 9.55 Å². The lowest BCUT2D eigenvalue weighted by atomic mass is 10.1. The molecule has 0 radical (unpaired) electrons. The van der Waals surface area contributed by atoms with Crippen molar-refractivity contribution in [2.45, 2.75) is 26.3 Å². The Bertz CT molecular complexity index is 1070. The first-order chi connectivity index (χ1) is 14.2. The zero-order valence-electron chi connectivity index (χ0n) is 17.0. The molecule has 0 spiro atoms. The second kappa shape index (κ2) is 8.82. The molecule has 148 valence electrons. The predicted molar refractivity (Wildman–Crippen MR) is 118 cm³/mol. The summed E-state index contributed by atoms with van der Waals surface area (Å²) < 4.78 is 13.4. The zero-order chi connectivity index (χ0) is 20.1. The molecule has 0 aliphatic heterocycles. The minimum Gasteiger partial charge on any atom is -0.497 e. The molecule has 0 amide bonds. The molecule has 0 atom stereocenters. The van der Waals surface area contributed by atoms with Gasteiger partial charge in [0.25, 0.3) is 0 Å². The van der Waals surface area contributed by atoms with Crippen molar-refractivity contribution in [3.63, 3.8) is 0 Å². The fourth-order valence-corrected chi connectivity index (χ4v) is 3.46. The number of ether oxygens (including phenoxy) is 2. The highest BCUT2D eigenvalue weighted by molar-refractivity contribution is 5.80. The Morgan fingerprint density at radius 1 is 0.828 bits per heavy atom. The Labute approximate surface area is 171 Å². The number of methoxy groups -OCH3 is 1. The number of aromatic nitrogens is 2. The molecule has 4 heteroatoms. The molecule has 4 nitrogen and oxygen atoms in total. The van der Waals surface area contributed by atoms with Gasteiger partial charge in [-0.1, -0.05) is 42.0 Å². The zero-order valence-corrected chi connectivity index (χ0v) is 17.0. The largest absolute Gasteiger partial charge is 0.497 e. The van der Waals surface area contributed by atoms with Gasteiger partial charge in [0.2, 0.25) is 0 Å². The molecule has 0 N–H and O–H groups in total. The molecular formula is C25H26N2O2. The monoisotopic (exact) mass is 386 g/mol. The van der Waals surface area contributed by atoms with Gasteiger partial charge in [-0.05, 0) is 56.2 Å². The van der Waals surface area contributed by atoms with Crippen molar-refractivity contribution >= 4 is 11.0 Å². The van der Waals surface area contributed by atoms with E-state index in [1.54, 1.807) is 7.11 Å². The van der Waals surface area contributed by atoms with Crippen LogP contribution in [0.15, 0.2) is 72.8 Å². The van der Waals surface area contributed by atoms with E-state index >= 15 is 0 Å². The van der Waals surface area contributed by atoms with E-state index in [4.69, 9.17) is 14.5 Å². The van der Waals surface area contributed by atoms with Crippen molar-refractivity contribution in [3.8, 4) is 22.9 Å². The normalized spacial score (nSPS) is 11.0. The number of para-hydroxylation sites is 2. The summed E-state index contributed by atoms with van der Waals surface area (Å²) in [6.07, 6.45) is 2.00. The summed E-state index contributed by atoms with van der Waals surface area (Å²) in [5.74, 6) is 2.74. The number of hydrogen-bond donors (Lipinski definition) is 0. The second-order valence-corrected chi connectivity index (χ2v) is 7.17. The van der Waals surface area contributed by atoms with Crippen LogP contribution in [0.4, 0.5) is 0 Å². The standard InChI is InChI=1S/C25H26N2O2/c1-19-9-11-20(12-10-19)25-26-23-7-3-4-8-24(23)27(25)17-5-6-18-29-22-15-13-21(28-2)14-16-22/h3-4,7-16H,5-6,17-18H2,1-2H3. The number of unbranched alkanes of at least 4 members (excludes halogenated alkanes) is 1. The maximum absolute atomic E-state index is 5.86. The van der Waals surface area contributed by atoms with Crippen molar-refractivity contribution < 1.29 is 9.47 Å². The van der Waals surface area contributed by atoms with E-state index < -0.39 is 0 Å². The average Bonchev–Trinajstić information content (AvgIpc) is 3.13. The van der Waals surface area contributed by atoms with Crippen molar-refractivity contribution in [1.29, 1.82) is 0 Å². The third-order valence-electron chi connectivity index (χ3n) is 5.07. The van der Waals surface area contributed by atoms with Gasteiger partial charge < -0.3 is 14.0 Å². The van der Waals surface area contributed by atoms with Gasteiger partial charge in [-0.15, -0.1) is 0 Å². The molecule has 4 rings (SSSR count). The van der Waals surface area contributed by atoms with Crippen molar-refractivity contribution in [3.05, 3.63) is 78.4 Å². The number of nitrogens with zero attached hydrogens (tertiary/aromatic N) is 2. The van der Waals surface area contributed by atoms with Gasteiger partial charge >= 0.3 is 0 Å². The first-order valence-corrected chi connectivity index (χ1v) is 10.0. The average molecular weight is 386 g/mol. The highest BCUT2D eigenvalue weighted by Gasteiger charge is 2.12. The summed E-state index contributed by atoms with van der Waals surface area (Å²) in [5.41, 5.74) is 4.63.